The van der Waals surface area contributed by atoms with Crippen LogP contribution in [0.15, 0.2) is 63.9 Å². The second kappa shape index (κ2) is 8.89. The van der Waals surface area contributed by atoms with Gasteiger partial charge in [0.05, 0.1) is 0 Å². The lowest BCUT2D eigenvalue weighted by Gasteiger charge is -2.11. The number of fused-ring (bicyclic) bond motifs is 1. The Morgan fingerprint density at radius 3 is 2.68 bits per heavy atom. The molecule has 0 atom stereocenters. The first-order chi connectivity index (χ1) is 15.0. The molecule has 0 aliphatic carbocycles. The van der Waals surface area contributed by atoms with E-state index < -0.39 is 11.4 Å². The molecule has 2 aromatic heterocycles. The predicted octanol–water partition coefficient (Wildman–Crippen LogP) is 6.02. The lowest BCUT2D eigenvalue weighted by molar-refractivity contribution is 0.422. The van der Waals surface area contributed by atoms with Crippen molar-refractivity contribution in [1.29, 1.82) is 0 Å². The molecule has 4 rings (SSSR count). The molecule has 4 nitrogen and oxygen atoms in total. The highest BCUT2D eigenvalue weighted by Gasteiger charge is 2.16. The molecule has 0 aliphatic rings. The fourth-order valence-electron chi connectivity index (χ4n) is 3.43. The number of benzene rings is 2. The average Bonchev–Trinajstić information content (AvgIpc) is 2.75. The van der Waals surface area contributed by atoms with Crippen LogP contribution < -0.4 is 10.4 Å². The molecule has 0 unspecified atom stereocenters. The predicted molar refractivity (Wildman–Crippen MR) is 118 cm³/mol. The van der Waals surface area contributed by atoms with Gasteiger partial charge < -0.3 is 9.15 Å². The van der Waals surface area contributed by atoms with Crippen LogP contribution in [0.25, 0.3) is 11.0 Å². The molecule has 7 heteroatoms. The van der Waals surface area contributed by atoms with Crippen molar-refractivity contribution in [3.8, 4) is 11.6 Å². The molecule has 0 bridgehead atoms. The first-order valence-electron chi connectivity index (χ1n) is 9.58. The summed E-state index contributed by atoms with van der Waals surface area (Å²) in [6, 6.07) is 12.8. The summed E-state index contributed by atoms with van der Waals surface area (Å²) < 4.78 is 39.6. The number of aryl methyl sites for hydroxylation is 1. The minimum atomic E-state index is -0.596. The van der Waals surface area contributed by atoms with Gasteiger partial charge in [-0.15, -0.1) is 0 Å². The summed E-state index contributed by atoms with van der Waals surface area (Å²) in [6.07, 6.45) is 3.47. The van der Waals surface area contributed by atoms with Crippen molar-refractivity contribution in [1.82, 2.24) is 4.98 Å². The highest BCUT2D eigenvalue weighted by molar-refractivity contribution is 7.97. The van der Waals surface area contributed by atoms with Crippen LogP contribution in [0.1, 0.15) is 22.3 Å². The molecule has 2 aromatic carbocycles. The number of hydrogen-bond acceptors (Lipinski definition) is 5. The van der Waals surface area contributed by atoms with Crippen molar-refractivity contribution in [2.24, 2.45) is 0 Å². The topological polar surface area (TPSA) is 52.3 Å². The normalized spacial score (nSPS) is 11.1. The number of aromatic nitrogens is 1. The number of hydrogen-bond donors (Lipinski definition) is 0. The standard InChI is InChI=1S/C24H19F2NO3S/c1-14-18-9-8-17(29-23-20(25)7-4-10-27-23)12-21(18)30-24(28)19(14)11-15-5-3-6-16(13-31-2)22(15)26/h3-10,12H,11,13H2,1-2H3. The SMILES string of the molecule is CSCc1cccc(Cc2c(C)c3ccc(Oc4ncccc4F)cc3oc2=O)c1F. The fraction of sp³-hybridized carbons (Fsp3) is 0.167. The van der Waals surface area contributed by atoms with Crippen LogP contribution >= 0.6 is 11.8 Å². The van der Waals surface area contributed by atoms with E-state index in [0.29, 0.717) is 39.0 Å². The molecule has 158 valence electrons. The van der Waals surface area contributed by atoms with E-state index in [-0.39, 0.29) is 23.9 Å². The molecule has 0 spiro atoms. The molecule has 0 fully saturated rings. The number of ether oxygens (including phenoxy) is 1. The maximum Gasteiger partial charge on any atom is 0.340 e. The summed E-state index contributed by atoms with van der Waals surface area (Å²) in [4.78, 5) is 16.5. The van der Waals surface area contributed by atoms with Gasteiger partial charge in [-0.3, -0.25) is 0 Å². The van der Waals surface area contributed by atoms with Crippen LogP contribution in [0.2, 0.25) is 0 Å². The van der Waals surface area contributed by atoms with E-state index in [1.807, 2.05) is 6.26 Å². The molecule has 31 heavy (non-hydrogen) atoms. The molecule has 4 aromatic rings. The van der Waals surface area contributed by atoms with E-state index in [2.05, 4.69) is 4.98 Å². The summed E-state index contributed by atoms with van der Waals surface area (Å²) in [6.45, 7) is 1.80. The maximum absolute atomic E-state index is 14.8. The third-order valence-corrected chi connectivity index (χ3v) is 5.62. The molecular weight excluding hydrogens is 420 g/mol. The molecule has 2 heterocycles. The van der Waals surface area contributed by atoms with Crippen LogP contribution in [-0.4, -0.2) is 11.2 Å². The van der Waals surface area contributed by atoms with Crippen LogP contribution in [0.4, 0.5) is 8.78 Å². The zero-order valence-corrected chi connectivity index (χ0v) is 17.8. The summed E-state index contributed by atoms with van der Waals surface area (Å²) in [5.41, 5.74) is 1.93. The molecule has 0 saturated carbocycles. The van der Waals surface area contributed by atoms with E-state index in [1.54, 1.807) is 37.3 Å². The largest absolute Gasteiger partial charge is 0.436 e. The summed E-state index contributed by atoms with van der Waals surface area (Å²) in [7, 11) is 0. The van der Waals surface area contributed by atoms with Crippen molar-refractivity contribution in [3.05, 3.63) is 99.0 Å². The van der Waals surface area contributed by atoms with E-state index in [1.165, 1.54) is 36.2 Å². The Hall–Kier alpha value is -3.19. The van der Waals surface area contributed by atoms with Crippen LogP contribution in [0, 0.1) is 18.6 Å². The Morgan fingerprint density at radius 1 is 1.10 bits per heavy atom. The lowest BCUT2D eigenvalue weighted by Crippen LogP contribution is -2.12. The first-order valence-corrected chi connectivity index (χ1v) is 11.0. The van der Waals surface area contributed by atoms with Crippen LogP contribution in [-0.2, 0) is 12.2 Å². The van der Waals surface area contributed by atoms with Crippen LogP contribution in [0.3, 0.4) is 0 Å². The van der Waals surface area contributed by atoms with Gasteiger partial charge in [0.2, 0.25) is 0 Å². The third kappa shape index (κ3) is 4.32. The van der Waals surface area contributed by atoms with Gasteiger partial charge in [0.15, 0.2) is 5.82 Å². The zero-order valence-electron chi connectivity index (χ0n) is 16.9. The van der Waals surface area contributed by atoms with Gasteiger partial charge in [0.1, 0.15) is 17.1 Å². The van der Waals surface area contributed by atoms with Crippen LogP contribution in [0.5, 0.6) is 11.6 Å². The maximum atomic E-state index is 14.8. The number of halogens is 2. The summed E-state index contributed by atoms with van der Waals surface area (Å²) in [5.74, 6) is -0.211. The number of thioether (sulfide) groups is 1. The smallest absolute Gasteiger partial charge is 0.340 e. The zero-order chi connectivity index (χ0) is 22.0. The van der Waals surface area contributed by atoms with Gasteiger partial charge in [-0.05, 0) is 54.1 Å². The third-order valence-electron chi connectivity index (χ3n) is 5.02. The number of nitrogens with zero attached hydrogens (tertiary/aromatic N) is 1. The second-order valence-corrected chi connectivity index (χ2v) is 7.91. The number of pyridine rings is 1. The van der Waals surface area contributed by atoms with Crippen molar-refractivity contribution < 1.29 is 17.9 Å². The molecule has 0 aliphatic heterocycles. The first kappa shape index (κ1) is 21.1. The summed E-state index contributed by atoms with van der Waals surface area (Å²) >= 11 is 1.53. The average molecular weight is 439 g/mol. The van der Waals surface area contributed by atoms with Crippen molar-refractivity contribution in [2.45, 2.75) is 19.1 Å². The molecule has 0 amide bonds. The Morgan fingerprint density at radius 2 is 1.90 bits per heavy atom. The Labute approximate surface area is 181 Å². The van der Waals surface area contributed by atoms with Gasteiger partial charge in [-0.1, -0.05) is 18.2 Å². The highest BCUT2D eigenvalue weighted by atomic mass is 32.2. The van der Waals surface area contributed by atoms with Gasteiger partial charge >= 0.3 is 5.63 Å². The Balaban J connectivity index is 1.70. The molecule has 0 radical (unpaired) electrons. The highest BCUT2D eigenvalue weighted by Crippen LogP contribution is 2.29. The van der Waals surface area contributed by atoms with Gasteiger partial charge in [-0.25, -0.2) is 18.6 Å². The lowest BCUT2D eigenvalue weighted by atomic mass is 9.98. The van der Waals surface area contributed by atoms with E-state index in [9.17, 15) is 13.6 Å². The Kier molecular flexibility index (Phi) is 6.04. The van der Waals surface area contributed by atoms with Crippen molar-refractivity contribution in [2.75, 3.05) is 6.26 Å². The quantitative estimate of drug-likeness (QED) is 0.344. The van der Waals surface area contributed by atoms with Gasteiger partial charge in [0, 0.05) is 35.4 Å². The second-order valence-electron chi connectivity index (χ2n) is 7.04. The minimum absolute atomic E-state index is 0.134. The number of rotatable bonds is 6. The molecule has 0 N–H and O–H groups in total. The van der Waals surface area contributed by atoms with Crippen molar-refractivity contribution in [3.63, 3.8) is 0 Å². The molecular formula is C24H19F2NO3S. The molecule has 0 saturated heterocycles. The van der Waals surface area contributed by atoms with Crippen molar-refractivity contribution >= 4 is 22.7 Å². The Bertz CT molecular complexity index is 1320. The monoisotopic (exact) mass is 439 g/mol. The fourth-order valence-corrected chi connectivity index (χ4v) is 3.96. The van der Waals surface area contributed by atoms with Gasteiger partial charge in [0.25, 0.3) is 5.88 Å². The minimum Gasteiger partial charge on any atom is -0.436 e. The van der Waals surface area contributed by atoms with E-state index in [4.69, 9.17) is 9.15 Å². The van der Waals surface area contributed by atoms with E-state index in [0.717, 1.165) is 0 Å². The summed E-state index contributed by atoms with van der Waals surface area (Å²) in [5, 5.41) is 0.698. The van der Waals surface area contributed by atoms with Gasteiger partial charge in [-0.2, -0.15) is 11.8 Å². The van der Waals surface area contributed by atoms with E-state index >= 15 is 0 Å².